The van der Waals surface area contributed by atoms with Gasteiger partial charge in [0.25, 0.3) is 0 Å². The monoisotopic (exact) mass is 310 g/mol. The summed E-state index contributed by atoms with van der Waals surface area (Å²) in [6.45, 7) is 2.83. The molecule has 4 atom stereocenters. The molecule has 6 heteroatoms. The van der Waals surface area contributed by atoms with E-state index in [4.69, 9.17) is 5.73 Å². The zero-order valence-corrected chi connectivity index (χ0v) is 13.0. The minimum atomic E-state index is -3.47. The van der Waals surface area contributed by atoms with E-state index in [-0.39, 0.29) is 18.1 Å². The van der Waals surface area contributed by atoms with Gasteiger partial charge in [0.2, 0.25) is 10.0 Å². The summed E-state index contributed by atoms with van der Waals surface area (Å²) >= 11 is 0. The molecule has 0 amide bonds. The molecule has 1 aliphatic heterocycles. The fourth-order valence-corrected chi connectivity index (χ4v) is 5.02. The standard InChI is InChI=1S/C15H22N2O3S/c1-10(16)11-2-5-13(6-3-11)21(19,20)17-8-12-4-7-15(18)14(12)9-17/h2-3,5-6,10,12,14-15,18H,4,7-9,16H2,1H3. The Bertz CT molecular complexity index is 612. The van der Waals surface area contributed by atoms with Crippen LogP contribution in [-0.4, -0.2) is 37.0 Å². The molecule has 4 unspecified atom stereocenters. The molecule has 21 heavy (non-hydrogen) atoms. The van der Waals surface area contributed by atoms with E-state index in [0.717, 1.165) is 18.4 Å². The first kappa shape index (κ1) is 15.0. The van der Waals surface area contributed by atoms with E-state index in [1.165, 1.54) is 4.31 Å². The highest BCUT2D eigenvalue weighted by molar-refractivity contribution is 7.89. The van der Waals surface area contributed by atoms with E-state index >= 15 is 0 Å². The van der Waals surface area contributed by atoms with Crippen LogP contribution in [0.3, 0.4) is 0 Å². The van der Waals surface area contributed by atoms with Crippen LogP contribution in [-0.2, 0) is 10.0 Å². The third-order valence-corrected chi connectivity index (χ3v) is 6.68. The van der Waals surface area contributed by atoms with Crippen molar-refractivity contribution < 1.29 is 13.5 Å². The summed E-state index contributed by atoms with van der Waals surface area (Å²) in [6.07, 6.45) is 1.36. The molecule has 5 nitrogen and oxygen atoms in total. The van der Waals surface area contributed by atoms with Gasteiger partial charge in [0.15, 0.2) is 0 Å². The second kappa shape index (κ2) is 5.35. The number of nitrogens with two attached hydrogens (primary N) is 1. The molecular formula is C15H22N2O3S. The van der Waals surface area contributed by atoms with Gasteiger partial charge in [-0.2, -0.15) is 4.31 Å². The fourth-order valence-electron chi connectivity index (χ4n) is 3.48. The maximum Gasteiger partial charge on any atom is 0.243 e. The Labute approximate surface area is 125 Å². The minimum Gasteiger partial charge on any atom is -0.393 e. The number of benzene rings is 1. The van der Waals surface area contributed by atoms with E-state index in [1.54, 1.807) is 24.3 Å². The second-order valence-electron chi connectivity index (χ2n) is 6.25. The Kier molecular flexibility index (Phi) is 3.81. The molecule has 1 saturated carbocycles. The van der Waals surface area contributed by atoms with Gasteiger partial charge in [0, 0.05) is 25.0 Å². The molecule has 116 valence electrons. The molecule has 1 aromatic carbocycles. The molecule has 2 aliphatic rings. The Hall–Kier alpha value is -0.950. The maximum absolute atomic E-state index is 12.7. The lowest BCUT2D eigenvalue weighted by Gasteiger charge is -2.18. The summed E-state index contributed by atoms with van der Waals surface area (Å²) in [4.78, 5) is 0.307. The van der Waals surface area contributed by atoms with Crippen LogP contribution >= 0.6 is 0 Å². The van der Waals surface area contributed by atoms with Crippen LogP contribution in [0.25, 0.3) is 0 Å². The lowest BCUT2D eigenvalue weighted by Crippen LogP contribution is -2.31. The minimum absolute atomic E-state index is 0.100. The smallest absolute Gasteiger partial charge is 0.243 e. The highest BCUT2D eigenvalue weighted by Crippen LogP contribution is 2.40. The predicted octanol–water partition coefficient (Wildman–Crippen LogP) is 1.10. The van der Waals surface area contributed by atoms with Gasteiger partial charge in [0.1, 0.15) is 0 Å². The number of rotatable bonds is 3. The third kappa shape index (κ3) is 2.61. The van der Waals surface area contributed by atoms with Crippen molar-refractivity contribution in [1.82, 2.24) is 4.31 Å². The number of aliphatic hydroxyl groups is 1. The van der Waals surface area contributed by atoms with Crippen LogP contribution in [0.2, 0.25) is 0 Å². The van der Waals surface area contributed by atoms with Crippen LogP contribution in [0, 0.1) is 11.8 Å². The van der Waals surface area contributed by atoms with Gasteiger partial charge in [0.05, 0.1) is 11.0 Å². The van der Waals surface area contributed by atoms with Crippen molar-refractivity contribution in [2.45, 2.75) is 36.8 Å². The highest BCUT2D eigenvalue weighted by atomic mass is 32.2. The molecule has 1 saturated heterocycles. The molecule has 0 radical (unpaired) electrons. The van der Waals surface area contributed by atoms with Gasteiger partial charge in [-0.15, -0.1) is 0 Å². The summed E-state index contributed by atoms with van der Waals surface area (Å²) < 4.78 is 26.9. The summed E-state index contributed by atoms with van der Waals surface area (Å²) in [7, 11) is -3.47. The quantitative estimate of drug-likeness (QED) is 0.875. The van der Waals surface area contributed by atoms with Crippen molar-refractivity contribution in [3.8, 4) is 0 Å². The maximum atomic E-state index is 12.7. The third-order valence-electron chi connectivity index (χ3n) is 4.83. The molecule has 0 bridgehead atoms. The summed E-state index contributed by atoms with van der Waals surface area (Å²) in [5, 5.41) is 9.92. The normalized spacial score (nSPS) is 31.3. The first-order valence-electron chi connectivity index (χ1n) is 7.43. The Morgan fingerprint density at radius 2 is 1.90 bits per heavy atom. The summed E-state index contributed by atoms with van der Waals surface area (Å²) in [5.74, 6) is 0.404. The van der Waals surface area contributed by atoms with Crippen LogP contribution in [0.15, 0.2) is 29.2 Å². The van der Waals surface area contributed by atoms with Crippen LogP contribution in [0.4, 0.5) is 0 Å². The van der Waals surface area contributed by atoms with Crippen molar-refractivity contribution in [3.63, 3.8) is 0 Å². The number of aliphatic hydroxyl groups excluding tert-OH is 1. The molecule has 0 aromatic heterocycles. The van der Waals surface area contributed by atoms with Gasteiger partial charge >= 0.3 is 0 Å². The molecule has 2 fully saturated rings. The van der Waals surface area contributed by atoms with Crippen LogP contribution in [0.5, 0.6) is 0 Å². The molecule has 3 N–H and O–H groups in total. The Balaban J connectivity index is 1.81. The Morgan fingerprint density at radius 1 is 1.24 bits per heavy atom. The zero-order chi connectivity index (χ0) is 15.2. The van der Waals surface area contributed by atoms with Crippen molar-refractivity contribution in [2.24, 2.45) is 17.6 Å². The molecule has 1 aliphatic carbocycles. The first-order valence-corrected chi connectivity index (χ1v) is 8.87. The number of hydrogen-bond acceptors (Lipinski definition) is 4. The lowest BCUT2D eigenvalue weighted by molar-refractivity contribution is 0.129. The van der Waals surface area contributed by atoms with Crippen LogP contribution in [0.1, 0.15) is 31.4 Å². The first-order chi connectivity index (χ1) is 9.89. The van der Waals surface area contributed by atoms with Gasteiger partial charge < -0.3 is 10.8 Å². The van der Waals surface area contributed by atoms with Gasteiger partial charge in [-0.1, -0.05) is 12.1 Å². The van der Waals surface area contributed by atoms with E-state index in [2.05, 4.69) is 0 Å². The molecule has 1 heterocycles. The van der Waals surface area contributed by atoms with E-state index in [1.807, 2.05) is 6.92 Å². The molecule has 0 spiro atoms. The average Bonchev–Trinajstić information content (AvgIpc) is 3.02. The molecule has 3 rings (SSSR count). The highest BCUT2D eigenvalue weighted by Gasteiger charge is 2.45. The van der Waals surface area contributed by atoms with E-state index < -0.39 is 10.0 Å². The number of hydrogen-bond donors (Lipinski definition) is 2. The Morgan fingerprint density at radius 3 is 2.48 bits per heavy atom. The topological polar surface area (TPSA) is 83.6 Å². The van der Waals surface area contributed by atoms with Crippen molar-refractivity contribution >= 4 is 10.0 Å². The summed E-state index contributed by atoms with van der Waals surface area (Å²) in [6, 6.07) is 6.67. The van der Waals surface area contributed by atoms with Crippen LogP contribution < -0.4 is 5.73 Å². The predicted molar refractivity (Wildman–Crippen MR) is 80.0 cm³/mol. The second-order valence-corrected chi connectivity index (χ2v) is 8.19. The molecular weight excluding hydrogens is 288 g/mol. The van der Waals surface area contributed by atoms with E-state index in [0.29, 0.717) is 23.9 Å². The van der Waals surface area contributed by atoms with Crippen molar-refractivity contribution in [2.75, 3.05) is 13.1 Å². The SMILES string of the molecule is CC(N)c1ccc(S(=O)(=O)N2CC3CCC(O)C3C2)cc1. The van der Waals surface area contributed by atoms with Crippen molar-refractivity contribution in [1.29, 1.82) is 0 Å². The van der Waals surface area contributed by atoms with E-state index in [9.17, 15) is 13.5 Å². The van der Waals surface area contributed by atoms with Gasteiger partial charge in [-0.25, -0.2) is 8.42 Å². The number of fused-ring (bicyclic) bond motifs is 1. The number of nitrogens with zero attached hydrogens (tertiary/aromatic N) is 1. The van der Waals surface area contributed by atoms with Crippen molar-refractivity contribution in [3.05, 3.63) is 29.8 Å². The van der Waals surface area contributed by atoms with Gasteiger partial charge in [-0.05, 0) is 43.4 Å². The largest absolute Gasteiger partial charge is 0.393 e. The van der Waals surface area contributed by atoms with Gasteiger partial charge in [-0.3, -0.25) is 0 Å². The zero-order valence-electron chi connectivity index (χ0n) is 12.1. The lowest BCUT2D eigenvalue weighted by atomic mass is 10.00. The number of sulfonamides is 1. The molecule has 1 aromatic rings. The summed E-state index contributed by atoms with van der Waals surface area (Å²) in [5.41, 5.74) is 6.70. The average molecular weight is 310 g/mol. The fraction of sp³-hybridized carbons (Fsp3) is 0.600.